The van der Waals surface area contributed by atoms with Gasteiger partial charge in [-0.15, -0.1) is 0 Å². The van der Waals surface area contributed by atoms with Crippen molar-refractivity contribution in [1.82, 2.24) is 0 Å². The normalized spacial score (nSPS) is 12.4. The van der Waals surface area contributed by atoms with Crippen molar-refractivity contribution < 1.29 is 28.5 Å². The van der Waals surface area contributed by atoms with Crippen LogP contribution in [0.2, 0.25) is 0 Å². The largest absolute Gasteiger partial charge is 0.493 e. The molecule has 0 aromatic heterocycles. The van der Waals surface area contributed by atoms with E-state index in [1.807, 2.05) is 24.3 Å². The van der Waals surface area contributed by atoms with Crippen LogP contribution < -0.4 is 29.0 Å². The molecule has 7 heteroatoms. The zero-order chi connectivity index (χ0) is 19.9. The van der Waals surface area contributed by atoms with E-state index < -0.39 is 0 Å². The molecule has 1 amide bonds. The minimum atomic E-state index is -0.287. The van der Waals surface area contributed by atoms with Gasteiger partial charge >= 0.3 is 0 Å². The van der Waals surface area contributed by atoms with Crippen LogP contribution in [-0.4, -0.2) is 34.0 Å². The second-order valence-corrected chi connectivity index (χ2v) is 5.73. The summed E-state index contributed by atoms with van der Waals surface area (Å²) in [6.45, 7) is 0.240. The predicted molar refractivity (Wildman–Crippen MR) is 105 cm³/mol. The first-order valence-corrected chi connectivity index (χ1v) is 8.50. The molecule has 2 aromatic rings. The zero-order valence-corrected chi connectivity index (χ0v) is 15.9. The maximum atomic E-state index is 12.1. The molecule has 0 atom stereocenters. The van der Waals surface area contributed by atoms with Crippen molar-refractivity contribution >= 4 is 17.7 Å². The summed E-state index contributed by atoms with van der Waals surface area (Å²) in [7, 11) is 4.56. The Morgan fingerprint density at radius 2 is 1.68 bits per heavy atom. The van der Waals surface area contributed by atoms with Gasteiger partial charge in [0.15, 0.2) is 23.0 Å². The van der Waals surface area contributed by atoms with E-state index in [1.165, 1.54) is 27.4 Å². The number of amides is 1. The fourth-order valence-corrected chi connectivity index (χ4v) is 2.66. The molecule has 3 rings (SSSR count). The Morgan fingerprint density at radius 1 is 0.964 bits per heavy atom. The number of ether oxygens (including phenoxy) is 5. The van der Waals surface area contributed by atoms with Crippen LogP contribution in [0.3, 0.4) is 0 Å². The maximum absolute atomic E-state index is 12.1. The molecular weight excluding hydrogens is 362 g/mol. The minimum absolute atomic E-state index is 0.240. The van der Waals surface area contributed by atoms with Gasteiger partial charge in [-0.05, 0) is 17.7 Å². The lowest BCUT2D eigenvalue weighted by Crippen LogP contribution is -2.08. The number of fused-ring (bicyclic) bond motifs is 1. The second-order valence-electron chi connectivity index (χ2n) is 5.73. The fraction of sp³-hybridized carbons (Fsp3) is 0.190. The van der Waals surface area contributed by atoms with Crippen molar-refractivity contribution in [3.05, 3.63) is 54.1 Å². The van der Waals surface area contributed by atoms with Crippen LogP contribution in [-0.2, 0) is 4.79 Å². The Labute approximate surface area is 163 Å². The quantitative estimate of drug-likeness (QED) is 0.581. The molecule has 1 aliphatic heterocycles. The highest BCUT2D eigenvalue weighted by Crippen LogP contribution is 2.39. The van der Waals surface area contributed by atoms with Crippen LogP contribution in [0.1, 0.15) is 5.56 Å². The van der Waals surface area contributed by atoms with E-state index in [1.54, 1.807) is 24.3 Å². The molecule has 0 saturated heterocycles. The van der Waals surface area contributed by atoms with Crippen molar-refractivity contribution in [2.45, 2.75) is 0 Å². The molecule has 28 heavy (non-hydrogen) atoms. The van der Waals surface area contributed by atoms with Gasteiger partial charge < -0.3 is 29.0 Å². The first-order valence-electron chi connectivity index (χ1n) is 8.50. The third-order valence-electron chi connectivity index (χ3n) is 3.98. The van der Waals surface area contributed by atoms with Crippen LogP contribution in [0.15, 0.2) is 48.6 Å². The number of methoxy groups -OCH3 is 3. The number of allylic oxidation sites excluding steroid dienone is 2. The lowest BCUT2D eigenvalue weighted by atomic mass is 10.2. The third kappa shape index (κ3) is 4.37. The molecule has 0 aliphatic carbocycles. The molecule has 7 nitrogen and oxygen atoms in total. The molecule has 1 N–H and O–H groups in total. The summed E-state index contributed by atoms with van der Waals surface area (Å²) in [6.07, 6.45) is 6.71. The number of anilines is 1. The minimum Gasteiger partial charge on any atom is -0.493 e. The molecule has 0 saturated carbocycles. The Bertz CT molecular complexity index is 894. The van der Waals surface area contributed by atoms with Gasteiger partial charge in [0, 0.05) is 23.9 Å². The fourth-order valence-electron chi connectivity index (χ4n) is 2.66. The van der Waals surface area contributed by atoms with Crippen LogP contribution >= 0.6 is 0 Å². The first-order chi connectivity index (χ1) is 13.6. The van der Waals surface area contributed by atoms with E-state index in [-0.39, 0.29) is 12.7 Å². The molecule has 1 heterocycles. The molecule has 0 bridgehead atoms. The molecule has 0 fully saturated rings. The van der Waals surface area contributed by atoms with Gasteiger partial charge in [-0.1, -0.05) is 24.3 Å². The Hall–Kier alpha value is -3.61. The predicted octanol–water partition coefficient (Wildman–Crippen LogP) is 3.65. The number of benzene rings is 2. The van der Waals surface area contributed by atoms with E-state index >= 15 is 0 Å². The summed E-state index contributed by atoms with van der Waals surface area (Å²) >= 11 is 0. The summed E-state index contributed by atoms with van der Waals surface area (Å²) in [5, 5.41) is 2.76. The highest BCUT2D eigenvalue weighted by molar-refractivity contribution is 6.00. The van der Waals surface area contributed by atoms with Crippen LogP contribution in [0, 0.1) is 0 Å². The highest BCUT2D eigenvalue weighted by Gasteiger charge is 2.14. The van der Waals surface area contributed by atoms with E-state index in [9.17, 15) is 4.79 Å². The molecule has 146 valence electrons. The number of carbonyl (C=O) groups excluding carboxylic acids is 1. The number of carbonyl (C=O) groups is 1. The molecule has 0 radical (unpaired) electrons. The van der Waals surface area contributed by atoms with Crippen molar-refractivity contribution in [2.75, 3.05) is 33.4 Å². The van der Waals surface area contributed by atoms with Crippen LogP contribution in [0.5, 0.6) is 28.7 Å². The number of hydrogen-bond donors (Lipinski definition) is 1. The smallest absolute Gasteiger partial charge is 0.248 e. The third-order valence-corrected chi connectivity index (χ3v) is 3.98. The topological polar surface area (TPSA) is 75.3 Å². The standard InChI is InChI=1S/C21H21NO6/c1-24-18-11-15(12-19(25-2)21(18)26-3)22-20(23)7-5-4-6-14-8-9-16-17(10-14)28-13-27-16/h4-12H,13H2,1-3H3,(H,22,23)/b6-4+,7-5+. The summed E-state index contributed by atoms with van der Waals surface area (Å²) < 4.78 is 26.4. The molecule has 1 aliphatic rings. The molecule has 2 aromatic carbocycles. The first kappa shape index (κ1) is 19.2. The van der Waals surface area contributed by atoms with Gasteiger partial charge in [-0.3, -0.25) is 4.79 Å². The molecular formula is C21H21NO6. The Balaban J connectivity index is 1.63. The maximum Gasteiger partial charge on any atom is 0.248 e. The zero-order valence-electron chi connectivity index (χ0n) is 15.9. The molecule has 0 spiro atoms. The Morgan fingerprint density at radius 3 is 2.36 bits per heavy atom. The second kappa shape index (κ2) is 8.85. The van der Waals surface area contributed by atoms with Crippen LogP contribution in [0.25, 0.3) is 6.08 Å². The average Bonchev–Trinajstić information content (AvgIpc) is 3.18. The van der Waals surface area contributed by atoms with Gasteiger partial charge in [0.1, 0.15) is 0 Å². The van der Waals surface area contributed by atoms with Crippen molar-refractivity contribution in [3.8, 4) is 28.7 Å². The highest BCUT2D eigenvalue weighted by atomic mass is 16.7. The average molecular weight is 383 g/mol. The van der Waals surface area contributed by atoms with Crippen molar-refractivity contribution in [1.29, 1.82) is 0 Å². The number of hydrogen-bond acceptors (Lipinski definition) is 6. The monoisotopic (exact) mass is 383 g/mol. The number of rotatable bonds is 7. The van der Waals surface area contributed by atoms with E-state index in [0.29, 0.717) is 28.7 Å². The van der Waals surface area contributed by atoms with E-state index in [4.69, 9.17) is 23.7 Å². The summed E-state index contributed by atoms with van der Waals surface area (Å²) in [5.41, 5.74) is 1.47. The summed E-state index contributed by atoms with van der Waals surface area (Å²) in [5.74, 6) is 2.55. The van der Waals surface area contributed by atoms with Gasteiger partial charge in [0.05, 0.1) is 21.3 Å². The van der Waals surface area contributed by atoms with Gasteiger partial charge in [0.2, 0.25) is 18.4 Å². The molecule has 0 unspecified atom stereocenters. The van der Waals surface area contributed by atoms with Crippen molar-refractivity contribution in [2.24, 2.45) is 0 Å². The number of nitrogens with one attached hydrogen (secondary N) is 1. The van der Waals surface area contributed by atoms with E-state index in [2.05, 4.69) is 5.32 Å². The van der Waals surface area contributed by atoms with E-state index in [0.717, 1.165) is 11.3 Å². The van der Waals surface area contributed by atoms with Crippen molar-refractivity contribution in [3.63, 3.8) is 0 Å². The SMILES string of the molecule is COc1cc(NC(=O)/C=C/C=C/c2ccc3c(c2)OCO3)cc(OC)c1OC. The lowest BCUT2D eigenvalue weighted by molar-refractivity contribution is -0.111. The summed E-state index contributed by atoms with van der Waals surface area (Å²) in [6, 6.07) is 8.96. The lowest BCUT2D eigenvalue weighted by Gasteiger charge is -2.14. The van der Waals surface area contributed by atoms with Gasteiger partial charge in [0.25, 0.3) is 0 Å². The van der Waals surface area contributed by atoms with Crippen LogP contribution in [0.4, 0.5) is 5.69 Å². The van der Waals surface area contributed by atoms with Gasteiger partial charge in [-0.2, -0.15) is 0 Å². The summed E-state index contributed by atoms with van der Waals surface area (Å²) in [4.78, 5) is 12.1. The van der Waals surface area contributed by atoms with Gasteiger partial charge in [-0.25, -0.2) is 0 Å². The Kier molecular flexibility index (Phi) is 6.06.